The lowest BCUT2D eigenvalue weighted by molar-refractivity contribution is -0.00917. The van der Waals surface area contributed by atoms with Crippen molar-refractivity contribution in [2.45, 2.75) is 33.1 Å². The number of carbonyl (C=O) groups is 1. The first-order chi connectivity index (χ1) is 9.61. The fourth-order valence-corrected chi connectivity index (χ4v) is 3.72. The van der Waals surface area contributed by atoms with Crippen molar-refractivity contribution >= 4 is 6.29 Å². The molecule has 2 nitrogen and oxygen atoms in total. The summed E-state index contributed by atoms with van der Waals surface area (Å²) in [7, 11) is 0. The van der Waals surface area contributed by atoms with Crippen LogP contribution in [-0.4, -0.2) is 12.9 Å². The predicted octanol–water partition coefficient (Wildman–Crippen LogP) is 4.26. The molecule has 0 amide bonds. The van der Waals surface area contributed by atoms with Gasteiger partial charge in [0.1, 0.15) is 12.0 Å². The van der Waals surface area contributed by atoms with E-state index in [0.717, 1.165) is 30.3 Å². The highest BCUT2D eigenvalue weighted by atomic mass is 16.5. The van der Waals surface area contributed by atoms with Gasteiger partial charge in [-0.3, -0.25) is 4.79 Å². The lowest BCUT2D eigenvalue weighted by Crippen LogP contribution is -2.48. The topological polar surface area (TPSA) is 26.3 Å². The second-order valence-corrected chi connectivity index (χ2v) is 6.61. The molecule has 0 saturated heterocycles. The lowest BCUT2D eigenvalue weighted by atomic mass is 9.48. The van der Waals surface area contributed by atoms with Gasteiger partial charge in [0, 0.05) is 12.0 Å². The minimum absolute atomic E-state index is 0.488. The molecule has 2 bridgehead atoms. The van der Waals surface area contributed by atoms with Crippen LogP contribution in [0.1, 0.15) is 43.5 Å². The number of allylic oxidation sites excluding steroid dienone is 1. The number of rotatable bonds is 5. The molecule has 1 aromatic carbocycles. The Morgan fingerprint density at radius 2 is 2.25 bits per heavy atom. The summed E-state index contributed by atoms with van der Waals surface area (Å²) < 4.78 is 5.79. The van der Waals surface area contributed by atoms with Crippen molar-refractivity contribution in [1.29, 1.82) is 0 Å². The Labute approximate surface area is 120 Å². The molecule has 2 atom stereocenters. The minimum atomic E-state index is 0.488. The average Bonchev–Trinajstić information content (AvgIpc) is 2.47. The standard InChI is InChI=1S/C18H22O2/c1-18(2)15-7-6-14(17(18)11-15)8-9-20-16-5-3-4-13(10-16)12-19/h3-6,10,12,15,17H,7-9,11H2,1-2H3. The largest absolute Gasteiger partial charge is 0.493 e. The van der Waals surface area contributed by atoms with E-state index in [0.29, 0.717) is 17.6 Å². The molecule has 106 valence electrons. The number of ether oxygens (including phenoxy) is 1. The zero-order chi connectivity index (χ0) is 14.2. The Balaban J connectivity index is 1.55. The number of hydrogen-bond donors (Lipinski definition) is 0. The molecule has 1 fully saturated rings. The first-order valence-electron chi connectivity index (χ1n) is 7.48. The first-order valence-corrected chi connectivity index (χ1v) is 7.48. The Hall–Kier alpha value is -1.57. The fourth-order valence-electron chi connectivity index (χ4n) is 3.72. The van der Waals surface area contributed by atoms with Gasteiger partial charge in [0.05, 0.1) is 6.61 Å². The van der Waals surface area contributed by atoms with E-state index in [4.69, 9.17) is 4.74 Å². The first kappa shape index (κ1) is 13.4. The van der Waals surface area contributed by atoms with Crippen molar-refractivity contribution < 1.29 is 9.53 Å². The number of fused-ring (bicyclic) bond motifs is 1. The summed E-state index contributed by atoms with van der Waals surface area (Å²) in [5, 5.41) is 0. The van der Waals surface area contributed by atoms with Crippen molar-refractivity contribution in [3.8, 4) is 5.75 Å². The Bertz CT molecular complexity index is 542. The van der Waals surface area contributed by atoms with Crippen molar-refractivity contribution in [2.24, 2.45) is 17.3 Å². The van der Waals surface area contributed by atoms with Crippen LogP contribution in [0.15, 0.2) is 35.9 Å². The van der Waals surface area contributed by atoms with E-state index in [1.807, 2.05) is 12.1 Å². The van der Waals surface area contributed by atoms with Gasteiger partial charge in [0.25, 0.3) is 0 Å². The van der Waals surface area contributed by atoms with Crippen LogP contribution in [0.2, 0.25) is 0 Å². The summed E-state index contributed by atoms with van der Waals surface area (Å²) >= 11 is 0. The van der Waals surface area contributed by atoms with Crippen LogP contribution in [0.25, 0.3) is 0 Å². The number of benzene rings is 1. The Morgan fingerprint density at radius 1 is 1.40 bits per heavy atom. The molecule has 0 radical (unpaired) electrons. The maximum atomic E-state index is 10.7. The molecule has 3 aliphatic carbocycles. The van der Waals surface area contributed by atoms with E-state index in [-0.39, 0.29) is 0 Å². The lowest BCUT2D eigenvalue weighted by Gasteiger charge is -2.56. The van der Waals surface area contributed by atoms with Crippen LogP contribution in [0, 0.1) is 17.3 Å². The molecule has 0 spiro atoms. The summed E-state index contributed by atoms with van der Waals surface area (Å²) in [6.07, 6.45) is 6.88. The van der Waals surface area contributed by atoms with E-state index in [2.05, 4.69) is 19.9 Å². The Morgan fingerprint density at radius 3 is 2.95 bits per heavy atom. The molecule has 0 N–H and O–H groups in total. The summed E-state index contributed by atoms with van der Waals surface area (Å²) in [5.74, 6) is 2.43. The molecule has 1 saturated carbocycles. The second kappa shape index (κ2) is 5.08. The van der Waals surface area contributed by atoms with E-state index < -0.39 is 0 Å². The minimum Gasteiger partial charge on any atom is -0.493 e. The van der Waals surface area contributed by atoms with Gasteiger partial charge in [-0.1, -0.05) is 37.6 Å². The maximum absolute atomic E-state index is 10.7. The molecule has 1 aromatic rings. The van der Waals surface area contributed by atoms with E-state index in [9.17, 15) is 4.79 Å². The highest BCUT2D eigenvalue weighted by Crippen LogP contribution is 2.59. The van der Waals surface area contributed by atoms with Crippen LogP contribution >= 0.6 is 0 Å². The van der Waals surface area contributed by atoms with Gasteiger partial charge in [-0.15, -0.1) is 0 Å². The predicted molar refractivity (Wildman–Crippen MR) is 80.0 cm³/mol. The van der Waals surface area contributed by atoms with Crippen molar-refractivity contribution in [2.75, 3.05) is 6.61 Å². The number of carbonyl (C=O) groups excluding carboxylic acids is 1. The maximum Gasteiger partial charge on any atom is 0.150 e. The second-order valence-electron chi connectivity index (χ2n) is 6.61. The fraction of sp³-hybridized carbons (Fsp3) is 0.500. The smallest absolute Gasteiger partial charge is 0.150 e. The molecule has 3 aliphatic rings. The van der Waals surface area contributed by atoms with Crippen LogP contribution in [-0.2, 0) is 0 Å². The Kier molecular flexibility index (Phi) is 3.41. The van der Waals surface area contributed by atoms with Gasteiger partial charge in [0.15, 0.2) is 0 Å². The normalized spacial score (nSPS) is 26.4. The van der Waals surface area contributed by atoms with Crippen LogP contribution in [0.5, 0.6) is 5.75 Å². The highest BCUT2D eigenvalue weighted by molar-refractivity contribution is 5.75. The number of aldehydes is 1. The van der Waals surface area contributed by atoms with Gasteiger partial charge in [0.2, 0.25) is 0 Å². The SMILES string of the molecule is CC1(C)C2CC=C(CCOc3cccc(C=O)c3)C1C2. The molecule has 2 unspecified atom stereocenters. The summed E-state index contributed by atoms with van der Waals surface area (Å²) in [5.41, 5.74) is 2.73. The zero-order valence-electron chi connectivity index (χ0n) is 12.3. The summed E-state index contributed by atoms with van der Waals surface area (Å²) in [6.45, 7) is 5.49. The van der Waals surface area contributed by atoms with Crippen molar-refractivity contribution in [1.82, 2.24) is 0 Å². The average molecular weight is 270 g/mol. The third-order valence-electron chi connectivity index (χ3n) is 5.24. The van der Waals surface area contributed by atoms with Gasteiger partial charge in [-0.2, -0.15) is 0 Å². The van der Waals surface area contributed by atoms with E-state index in [1.165, 1.54) is 12.8 Å². The van der Waals surface area contributed by atoms with Crippen LogP contribution in [0.4, 0.5) is 0 Å². The molecule has 2 heteroatoms. The molecular weight excluding hydrogens is 248 g/mol. The molecular formula is C18H22O2. The van der Waals surface area contributed by atoms with Gasteiger partial charge >= 0.3 is 0 Å². The summed E-state index contributed by atoms with van der Waals surface area (Å²) in [6, 6.07) is 7.36. The molecule has 20 heavy (non-hydrogen) atoms. The highest BCUT2D eigenvalue weighted by Gasteiger charge is 2.50. The molecule has 4 rings (SSSR count). The van der Waals surface area contributed by atoms with Gasteiger partial charge in [-0.25, -0.2) is 0 Å². The van der Waals surface area contributed by atoms with E-state index >= 15 is 0 Å². The third-order valence-corrected chi connectivity index (χ3v) is 5.24. The monoisotopic (exact) mass is 270 g/mol. The van der Waals surface area contributed by atoms with Crippen molar-refractivity contribution in [3.63, 3.8) is 0 Å². The zero-order valence-corrected chi connectivity index (χ0v) is 12.3. The van der Waals surface area contributed by atoms with Crippen molar-refractivity contribution in [3.05, 3.63) is 41.5 Å². The summed E-state index contributed by atoms with van der Waals surface area (Å²) in [4.78, 5) is 10.7. The molecule has 0 heterocycles. The van der Waals surface area contributed by atoms with Crippen LogP contribution < -0.4 is 4.74 Å². The van der Waals surface area contributed by atoms with E-state index in [1.54, 1.807) is 17.7 Å². The molecule has 0 aliphatic heterocycles. The van der Waals surface area contributed by atoms with Gasteiger partial charge < -0.3 is 4.74 Å². The van der Waals surface area contributed by atoms with Gasteiger partial charge in [-0.05, 0) is 42.2 Å². The third kappa shape index (κ3) is 2.28. The quantitative estimate of drug-likeness (QED) is 0.590. The molecule has 0 aromatic heterocycles. The number of hydrogen-bond acceptors (Lipinski definition) is 2. The van der Waals surface area contributed by atoms with Crippen LogP contribution in [0.3, 0.4) is 0 Å².